The van der Waals surface area contributed by atoms with Crippen molar-refractivity contribution in [2.24, 2.45) is 0 Å². The molecule has 0 saturated carbocycles. The molecule has 5 heteroatoms. The van der Waals surface area contributed by atoms with Gasteiger partial charge in [-0.3, -0.25) is 0 Å². The first-order valence-corrected chi connectivity index (χ1v) is 6.45. The maximum atomic E-state index is 11.2. The molecular weight excluding hydrogens is 190 g/mol. The van der Waals surface area contributed by atoms with Crippen molar-refractivity contribution in [1.82, 2.24) is 4.31 Å². The van der Waals surface area contributed by atoms with Gasteiger partial charge < -0.3 is 4.74 Å². The largest absolute Gasteiger partial charge is 0.375 e. The lowest BCUT2D eigenvalue weighted by molar-refractivity contribution is -0.00559. The van der Waals surface area contributed by atoms with E-state index >= 15 is 0 Å². The zero-order valence-corrected chi connectivity index (χ0v) is 9.01. The number of ether oxygens (including phenoxy) is 1. The van der Waals surface area contributed by atoms with Crippen molar-refractivity contribution in [1.29, 1.82) is 0 Å². The predicted molar refractivity (Wildman–Crippen MR) is 51.1 cm³/mol. The van der Waals surface area contributed by atoms with Crippen molar-refractivity contribution in [3.05, 3.63) is 0 Å². The molecule has 13 heavy (non-hydrogen) atoms. The molecule has 1 rings (SSSR count). The monoisotopic (exact) mass is 207 g/mol. The molecule has 4 nitrogen and oxygen atoms in total. The van der Waals surface area contributed by atoms with Crippen LogP contribution in [0.4, 0.5) is 0 Å². The van der Waals surface area contributed by atoms with Gasteiger partial charge in [0.05, 0.1) is 19.0 Å². The Morgan fingerprint density at radius 2 is 2.23 bits per heavy atom. The Hall–Kier alpha value is -0.130. The van der Waals surface area contributed by atoms with Crippen LogP contribution >= 0.6 is 0 Å². The minimum atomic E-state index is -3.02. The van der Waals surface area contributed by atoms with E-state index in [1.807, 2.05) is 0 Å². The van der Waals surface area contributed by atoms with Crippen molar-refractivity contribution in [2.45, 2.75) is 25.9 Å². The van der Waals surface area contributed by atoms with Gasteiger partial charge in [0.25, 0.3) is 0 Å². The molecule has 0 radical (unpaired) electrons. The third-order valence-electron chi connectivity index (χ3n) is 2.18. The van der Waals surface area contributed by atoms with Crippen LogP contribution in [0.25, 0.3) is 0 Å². The highest BCUT2D eigenvalue weighted by atomic mass is 32.2. The van der Waals surface area contributed by atoms with E-state index in [9.17, 15) is 8.42 Å². The quantitative estimate of drug-likeness (QED) is 0.675. The number of hydrogen-bond acceptors (Lipinski definition) is 3. The zero-order chi connectivity index (χ0) is 9.90. The van der Waals surface area contributed by atoms with Crippen molar-refractivity contribution >= 4 is 10.0 Å². The average molecular weight is 207 g/mol. The van der Waals surface area contributed by atoms with Gasteiger partial charge in [-0.1, -0.05) is 13.3 Å². The summed E-state index contributed by atoms with van der Waals surface area (Å²) >= 11 is 0. The molecule has 0 aromatic heterocycles. The van der Waals surface area contributed by atoms with Crippen LogP contribution in [0, 0.1) is 0 Å². The molecule has 0 N–H and O–H groups in total. The zero-order valence-electron chi connectivity index (χ0n) is 8.19. The summed E-state index contributed by atoms with van der Waals surface area (Å²) in [4.78, 5) is 0. The highest BCUT2D eigenvalue weighted by Crippen LogP contribution is 2.12. The van der Waals surface area contributed by atoms with E-state index in [0.29, 0.717) is 19.7 Å². The summed E-state index contributed by atoms with van der Waals surface area (Å²) in [6, 6.07) is 0. The molecule has 1 fully saturated rings. The van der Waals surface area contributed by atoms with Crippen molar-refractivity contribution in [2.75, 3.05) is 26.0 Å². The maximum absolute atomic E-state index is 11.2. The Morgan fingerprint density at radius 1 is 1.54 bits per heavy atom. The number of sulfonamides is 1. The van der Waals surface area contributed by atoms with Crippen molar-refractivity contribution in [3.8, 4) is 0 Å². The van der Waals surface area contributed by atoms with Crippen LogP contribution in [0.1, 0.15) is 19.8 Å². The van der Waals surface area contributed by atoms with Crippen LogP contribution in [0.15, 0.2) is 0 Å². The smallest absolute Gasteiger partial charge is 0.211 e. The van der Waals surface area contributed by atoms with E-state index in [2.05, 4.69) is 6.92 Å². The lowest BCUT2D eigenvalue weighted by Gasteiger charge is -2.30. The van der Waals surface area contributed by atoms with Crippen LogP contribution in [0.3, 0.4) is 0 Å². The highest BCUT2D eigenvalue weighted by Gasteiger charge is 2.25. The van der Waals surface area contributed by atoms with Crippen LogP contribution in [-0.2, 0) is 14.8 Å². The molecule has 0 aromatic carbocycles. The number of rotatable bonds is 3. The molecule has 0 spiro atoms. The van der Waals surface area contributed by atoms with Gasteiger partial charge in [-0.05, 0) is 6.42 Å². The van der Waals surface area contributed by atoms with Gasteiger partial charge >= 0.3 is 0 Å². The van der Waals surface area contributed by atoms with Gasteiger partial charge in [-0.2, -0.15) is 4.31 Å². The topological polar surface area (TPSA) is 46.6 Å². The standard InChI is InChI=1S/C8H17NO3S/c1-3-4-8-7-9(5-6-12-8)13(2,10)11/h8H,3-7H2,1-2H3. The summed E-state index contributed by atoms with van der Waals surface area (Å²) < 4.78 is 29.3. The molecule has 0 aliphatic carbocycles. The Morgan fingerprint density at radius 3 is 2.77 bits per heavy atom. The predicted octanol–water partition coefficient (Wildman–Crippen LogP) is 0.447. The van der Waals surface area contributed by atoms with E-state index in [-0.39, 0.29) is 6.10 Å². The van der Waals surface area contributed by atoms with Gasteiger partial charge in [-0.25, -0.2) is 8.42 Å². The van der Waals surface area contributed by atoms with E-state index in [4.69, 9.17) is 4.74 Å². The van der Waals surface area contributed by atoms with Crippen LogP contribution < -0.4 is 0 Å². The highest BCUT2D eigenvalue weighted by molar-refractivity contribution is 7.88. The second-order valence-electron chi connectivity index (χ2n) is 3.40. The van der Waals surface area contributed by atoms with E-state index in [0.717, 1.165) is 12.8 Å². The summed E-state index contributed by atoms with van der Waals surface area (Å²) in [5.74, 6) is 0. The fourth-order valence-electron chi connectivity index (χ4n) is 1.49. The number of hydrogen-bond donors (Lipinski definition) is 0. The average Bonchev–Trinajstić information content (AvgIpc) is 2.04. The molecule has 1 atom stereocenters. The Kier molecular flexibility index (Phi) is 3.70. The van der Waals surface area contributed by atoms with Crippen LogP contribution in [0.5, 0.6) is 0 Å². The van der Waals surface area contributed by atoms with E-state index in [1.165, 1.54) is 10.6 Å². The molecule has 1 saturated heterocycles. The molecule has 0 aromatic rings. The van der Waals surface area contributed by atoms with Crippen molar-refractivity contribution < 1.29 is 13.2 Å². The molecular formula is C8H17NO3S. The van der Waals surface area contributed by atoms with Crippen LogP contribution in [-0.4, -0.2) is 44.8 Å². The van der Waals surface area contributed by atoms with E-state index in [1.54, 1.807) is 0 Å². The first-order valence-electron chi connectivity index (χ1n) is 4.60. The van der Waals surface area contributed by atoms with Gasteiger partial charge in [0.15, 0.2) is 0 Å². The fourth-order valence-corrected chi connectivity index (χ4v) is 2.33. The lowest BCUT2D eigenvalue weighted by Crippen LogP contribution is -2.44. The molecule has 1 aliphatic rings. The number of nitrogens with zero attached hydrogens (tertiary/aromatic N) is 1. The first-order chi connectivity index (χ1) is 6.04. The molecule has 1 unspecified atom stereocenters. The normalized spacial score (nSPS) is 26.2. The minimum Gasteiger partial charge on any atom is -0.375 e. The molecule has 1 aliphatic heterocycles. The van der Waals surface area contributed by atoms with Gasteiger partial charge in [0.1, 0.15) is 0 Å². The van der Waals surface area contributed by atoms with Gasteiger partial charge in [0, 0.05) is 13.1 Å². The first kappa shape index (κ1) is 10.9. The second-order valence-corrected chi connectivity index (χ2v) is 5.38. The Balaban J connectivity index is 2.52. The third-order valence-corrected chi connectivity index (χ3v) is 3.45. The van der Waals surface area contributed by atoms with Gasteiger partial charge in [0.2, 0.25) is 10.0 Å². The molecule has 1 heterocycles. The summed E-state index contributed by atoms with van der Waals surface area (Å²) in [6.45, 7) is 3.62. The van der Waals surface area contributed by atoms with E-state index < -0.39 is 10.0 Å². The molecule has 0 bridgehead atoms. The lowest BCUT2D eigenvalue weighted by atomic mass is 10.2. The van der Waals surface area contributed by atoms with Gasteiger partial charge in [-0.15, -0.1) is 0 Å². The fraction of sp³-hybridized carbons (Fsp3) is 1.00. The minimum absolute atomic E-state index is 0.0912. The SMILES string of the molecule is CCCC1CN(S(C)(=O)=O)CCO1. The molecule has 78 valence electrons. The summed E-state index contributed by atoms with van der Waals surface area (Å²) in [5.41, 5.74) is 0. The summed E-state index contributed by atoms with van der Waals surface area (Å²) in [5, 5.41) is 0. The summed E-state index contributed by atoms with van der Waals surface area (Å²) in [7, 11) is -3.02. The van der Waals surface area contributed by atoms with Crippen LogP contribution in [0.2, 0.25) is 0 Å². The second kappa shape index (κ2) is 4.39. The maximum Gasteiger partial charge on any atom is 0.211 e. The molecule has 0 amide bonds. The third kappa shape index (κ3) is 3.25. The number of morpholine rings is 1. The Labute approximate surface area is 79.9 Å². The van der Waals surface area contributed by atoms with Crippen molar-refractivity contribution in [3.63, 3.8) is 0 Å². The summed E-state index contributed by atoms with van der Waals surface area (Å²) in [6.07, 6.45) is 3.31. The Bertz CT molecular complexity index is 248.